The van der Waals surface area contributed by atoms with Crippen LogP contribution in [0.15, 0.2) is 109 Å². The summed E-state index contributed by atoms with van der Waals surface area (Å²) in [5.74, 6) is 0.776. The van der Waals surface area contributed by atoms with Gasteiger partial charge in [-0.25, -0.2) is 4.79 Å². The average molecular weight is 701 g/mol. The van der Waals surface area contributed by atoms with E-state index in [9.17, 15) is 19.8 Å². The Labute approximate surface area is 305 Å². The first kappa shape index (κ1) is 35.4. The van der Waals surface area contributed by atoms with Gasteiger partial charge >= 0.3 is 6.03 Å². The predicted molar refractivity (Wildman–Crippen MR) is 199 cm³/mol. The van der Waals surface area contributed by atoms with Gasteiger partial charge in [0.25, 0.3) is 11.8 Å². The summed E-state index contributed by atoms with van der Waals surface area (Å²) in [7, 11) is 0. The fourth-order valence-electron chi connectivity index (χ4n) is 7.15. The number of hydrogen-bond donors (Lipinski definition) is 4. The third-order valence-corrected chi connectivity index (χ3v) is 10.6. The number of benzene rings is 4. The van der Waals surface area contributed by atoms with E-state index >= 15 is 4.79 Å². The third kappa shape index (κ3) is 8.89. The third-order valence-electron chi connectivity index (χ3n) is 10.6. The summed E-state index contributed by atoms with van der Waals surface area (Å²) in [4.78, 5) is 44.6. The Kier molecular flexibility index (Phi) is 11.0. The van der Waals surface area contributed by atoms with Crippen molar-refractivity contribution in [3.05, 3.63) is 143 Å². The number of urea groups is 1. The quantitative estimate of drug-likeness (QED) is 0.141. The highest BCUT2D eigenvalue weighted by Gasteiger charge is 2.46. The second kappa shape index (κ2) is 16.1. The van der Waals surface area contributed by atoms with E-state index in [-0.39, 0.29) is 30.9 Å². The molecule has 0 radical (unpaired) electrons. The molecule has 0 bridgehead atoms. The molecule has 9 heteroatoms. The van der Waals surface area contributed by atoms with Crippen LogP contribution < -0.4 is 10.6 Å². The number of nitrogens with zero attached hydrogens (tertiary/aromatic N) is 2. The SMILES string of the molecule is O=C(NCC1CC1)c1cccc(CN2C(=O)N(Cc3cccc(C(=O)NCC4CC4)c3)[C@H](Cc3ccccc3)[C@H](O)[C@@H](O)[C@H]2Cc2ccccc2)c1. The maximum Gasteiger partial charge on any atom is 0.321 e. The van der Waals surface area contributed by atoms with E-state index < -0.39 is 24.3 Å². The first-order chi connectivity index (χ1) is 25.3. The largest absolute Gasteiger partial charge is 0.388 e. The van der Waals surface area contributed by atoms with Crippen LogP contribution in [0.3, 0.4) is 0 Å². The molecule has 1 saturated heterocycles. The van der Waals surface area contributed by atoms with E-state index in [0.29, 0.717) is 48.9 Å². The van der Waals surface area contributed by atoms with Crippen LogP contribution in [0, 0.1) is 11.8 Å². The van der Waals surface area contributed by atoms with Crippen LogP contribution in [0.2, 0.25) is 0 Å². The van der Waals surface area contributed by atoms with E-state index in [1.165, 1.54) is 0 Å². The molecule has 7 rings (SSSR count). The van der Waals surface area contributed by atoms with Gasteiger partial charge in [-0.2, -0.15) is 0 Å². The summed E-state index contributed by atoms with van der Waals surface area (Å²) < 4.78 is 0. The molecule has 3 fully saturated rings. The summed E-state index contributed by atoms with van der Waals surface area (Å²) in [5, 5.41) is 30.2. The minimum absolute atomic E-state index is 0.113. The number of carbonyl (C=O) groups is 3. The lowest BCUT2D eigenvalue weighted by Gasteiger charge is -2.36. The molecule has 0 aromatic heterocycles. The van der Waals surface area contributed by atoms with E-state index in [0.717, 1.165) is 47.9 Å². The van der Waals surface area contributed by atoms with Crippen molar-refractivity contribution in [3.63, 3.8) is 0 Å². The fraction of sp³-hybridized carbons (Fsp3) is 0.372. The smallest absolute Gasteiger partial charge is 0.321 e. The summed E-state index contributed by atoms with van der Waals surface area (Å²) in [6, 6.07) is 32.0. The van der Waals surface area contributed by atoms with Gasteiger partial charge in [-0.1, -0.05) is 84.9 Å². The van der Waals surface area contributed by atoms with E-state index in [2.05, 4.69) is 10.6 Å². The number of aliphatic hydroxyl groups excluding tert-OH is 2. The second-order valence-electron chi connectivity index (χ2n) is 14.7. The minimum Gasteiger partial charge on any atom is -0.388 e. The predicted octanol–water partition coefficient (Wildman–Crippen LogP) is 5.35. The number of amides is 4. The van der Waals surface area contributed by atoms with Gasteiger partial charge < -0.3 is 30.6 Å². The first-order valence-corrected chi connectivity index (χ1v) is 18.6. The molecule has 1 heterocycles. The molecule has 2 aliphatic carbocycles. The molecule has 2 saturated carbocycles. The molecule has 4 aromatic carbocycles. The van der Waals surface area contributed by atoms with Gasteiger partial charge in [0.1, 0.15) is 12.2 Å². The van der Waals surface area contributed by atoms with Gasteiger partial charge in [0.2, 0.25) is 0 Å². The molecule has 3 aliphatic rings. The zero-order chi connectivity index (χ0) is 36.0. The van der Waals surface area contributed by atoms with Crippen molar-refractivity contribution in [2.45, 2.75) is 75.9 Å². The highest BCUT2D eigenvalue weighted by atomic mass is 16.3. The van der Waals surface area contributed by atoms with Crippen molar-refractivity contribution in [2.24, 2.45) is 11.8 Å². The molecular weight excluding hydrogens is 652 g/mol. The highest BCUT2D eigenvalue weighted by molar-refractivity contribution is 5.95. The molecule has 0 unspecified atom stereocenters. The summed E-state index contributed by atoms with van der Waals surface area (Å²) in [6.07, 6.45) is 2.59. The number of nitrogens with one attached hydrogen (secondary N) is 2. The molecular formula is C43H48N4O5. The molecule has 4 atom stereocenters. The van der Waals surface area contributed by atoms with E-state index in [1.54, 1.807) is 34.1 Å². The lowest BCUT2D eigenvalue weighted by atomic mass is 9.90. The lowest BCUT2D eigenvalue weighted by molar-refractivity contribution is -0.0408. The topological polar surface area (TPSA) is 122 Å². The lowest BCUT2D eigenvalue weighted by Crippen LogP contribution is -2.50. The zero-order valence-corrected chi connectivity index (χ0v) is 29.4. The van der Waals surface area contributed by atoms with Crippen molar-refractivity contribution in [1.82, 2.24) is 20.4 Å². The van der Waals surface area contributed by atoms with E-state index in [4.69, 9.17) is 0 Å². The molecule has 0 spiro atoms. The average Bonchev–Trinajstić information content (AvgIpc) is 4.12. The first-order valence-electron chi connectivity index (χ1n) is 18.6. The summed E-state index contributed by atoms with van der Waals surface area (Å²) in [6.45, 7) is 1.53. The number of rotatable bonds is 14. The van der Waals surface area contributed by atoms with Gasteiger partial charge in [-0.15, -0.1) is 0 Å². The number of aliphatic hydroxyl groups is 2. The van der Waals surface area contributed by atoms with Crippen LogP contribution in [0.4, 0.5) is 4.79 Å². The van der Waals surface area contributed by atoms with Crippen molar-refractivity contribution in [2.75, 3.05) is 13.1 Å². The summed E-state index contributed by atoms with van der Waals surface area (Å²) >= 11 is 0. The Bertz CT molecular complexity index is 1710. The minimum atomic E-state index is -1.28. The van der Waals surface area contributed by atoms with Gasteiger partial charge in [-0.3, -0.25) is 9.59 Å². The van der Waals surface area contributed by atoms with Crippen molar-refractivity contribution >= 4 is 17.8 Å². The Morgan fingerprint density at radius 3 is 1.33 bits per heavy atom. The summed E-state index contributed by atoms with van der Waals surface area (Å²) in [5.41, 5.74) is 4.34. The van der Waals surface area contributed by atoms with Crippen molar-refractivity contribution in [1.29, 1.82) is 0 Å². The maximum atomic E-state index is 15.1. The van der Waals surface area contributed by atoms with Crippen LogP contribution in [0.1, 0.15) is 68.7 Å². The van der Waals surface area contributed by atoms with Crippen LogP contribution >= 0.6 is 0 Å². The van der Waals surface area contributed by atoms with Crippen LogP contribution in [0.5, 0.6) is 0 Å². The second-order valence-corrected chi connectivity index (χ2v) is 14.7. The Morgan fingerprint density at radius 2 is 0.942 bits per heavy atom. The molecule has 270 valence electrons. The highest BCUT2D eigenvalue weighted by Crippen LogP contribution is 2.31. The van der Waals surface area contributed by atoms with Crippen LogP contribution in [-0.2, 0) is 25.9 Å². The van der Waals surface area contributed by atoms with Gasteiger partial charge in [0.05, 0.1) is 12.1 Å². The Hall–Kier alpha value is -4.99. The van der Waals surface area contributed by atoms with Crippen LogP contribution in [-0.4, -0.2) is 75.2 Å². The van der Waals surface area contributed by atoms with Crippen LogP contribution in [0.25, 0.3) is 0 Å². The molecule has 52 heavy (non-hydrogen) atoms. The van der Waals surface area contributed by atoms with Crippen molar-refractivity contribution in [3.8, 4) is 0 Å². The van der Waals surface area contributed by atoms with Gasteiger partial charge in [-0.05, 0) is 96.9 Å². The molecule has 4 amide bonds. The molecule has 1 aliphatic heterocycles. The molecule has 4 N–H and O–H groups in total. The number of carbonyl (C=O) groups excluding carboxylic acids is 3. The standard InChI is InChI=1S/C43H48N4O5/c48-39-37(23-29-9-3-1-4-10-29)46(27-33-13-7-15-35(21-33)41(50)44-25-31-17-18-31)43(52)47(38(40(39)49)24-30-11-5-2-6-12-30)28-34-14-8-16-36(22-34)42(51)45-26-32-19-20-32/h1-16,21-22,31-32,37-40,48-49H,17-20,23-28H2,(H,44,50)(H,45,51)/t37-,38-,39+,40+/m1/s1. The molecule has 9 nitrogen and oxygen atoms in total. The zero-order valence-electron chi connectivity index (χ0n) is 29.4. The Balaban J connectivity index is 1.23. The van der Waals surface area contributed by atoms with E-state index in [1.807, 2.05) is 84.9 Å². The Morgan fingerprint density at radius 1 is 0.558 bits per heavy atom. The number of hydrogen-bond acceptors (Lipinski definition) is 5. The van der Waals surface area contributed by atoms with Gasteiger partial charge in [0.15, 0.2) is 0 Å². The maximum absolute atomic E-state index is 15.1. The fourth-order valence-corrected chi connectivity index (χ4v) is 7.15. The molecule has 4 aromatic rings. The van der Waals surface area contributed by atoms with Crippen molar-refractivity contribution < 1.29 is 24.6 Å². The van der Waals surface area contributed by atoms with Gasteiger partial charge in [0, 0.05) is 37.3 Å². The monoisotopic (exact) mass is 700 g/mol. The normalized spacial score (nSPS) is 21.8.